The van der Waals surface area contributed by atoms with Gasteiger partial charge in [0.2, 0.25) is 0 Å². The van der Waals surface area contributed by atoms with Gasteiger partial charge in [-0.3, -0.25) is 4.90 Å². The van der Waals surface area contributed by atoms with E-state index in [2.05, 4.69) is 52.7 Å². The second-order valence-electron chi connectivity index (χ2n) is 6.88. The van der Waals surface area contributed by atoms with Crippen molar-refractivity contribution in [1.29, 1.82) is 0 Å². The van der Waals surface area contributed by atoms with Crippen LogP contribution in [0.4, 0.5) is 0 Å². The minimum atomic E-state index is 0.310. The molecule has 5 nitrogen and oxygen atoms in total. The van der Waals surface area contributed by atoms with Gasteiger partial charge in [-0.05, 0) is 24.8 Å². The number of aromatic nitrogens is 3. The molecular formula is C15H29N5. The average Bonchev–Trinajstić information content (AvgIpc) is 2.84. The first-order chi connectivity index (χ1) is 9.50. The van der Waals surface area contributed by atoms with Crippen LogP contribution < -0.4 is 5.32 Å². The maximum atomic E-state index is 4.19. The molecule has 5 heteroatoms. The van der Waals surface area contributed by atoms with Crippen molar-refractivity contribution >= 4 is 0 Å². The highest BCUT2D eigenvalue weighted by Gasteiger charge is 2.25. The van der Waals surface area contributed by atoms with Gasteiger partial charge < -0.3 is 9.88 Å². The number of nitrogens with one attached hydrogen (secondary N) is 1. The van der Waals surface area contributed by atoms with E-state index in [4.69, 9.17) is 0 Å². The molecule has 2 rings (SSSR count). The lowest BCUT2D eigenvalue weighted by Gasteiger charge is -2.34. The molecule has 0 saturated carbocycles. The van der Waals surface area contributed by atoms with Crippen LogP contribution in [0.2, 0.25) is 0 Å². The molecule has 1 atom stereocenters. The Morgan fingerprint density at radius 3 is 2.85 bits per heavy atom. The first-order valence-electron chi connectivity index (χ1n) is 7.83. The zero-order valence-electron chi connectivity index (χ0n) is 13.4. The zero-order chi connectivity index (χ0) is 14.6. The minimum absolute atomic E-state index is 0.310. The lowest BCUT2D eigenvalue weighted by Crippen LogP contribution is -2.44. The smallest absolute Gasteiger partial charge is 0.147 e. The van der Waals surface area contributed by atoms with Crippen molar-refractivity contribution < 1.29 is 0 Å². The molecule has 1 unspecified atom stereocenters. The highest BCUT2D eigenvalue weighted by atomic mass is 15.3. The van der Waals surface area contributed by atoms with Crippen LogP contribution in [0.25, 0.3) is 0 Å². The lowest BCUT2D eigenvalue weighted by atomic mass is 9.84. The normalized spacial score (nSPS) is 18.0. The van der Waals surface area contributed by atoms with Crippen molar-refractivity contribution in [2.24, 2.45) is 5.41 Å². The molecule has 20 heavy (non-hydrogen) atoms. The van der Waals surface area contributed by atoms with Gasteiger partial charge in [-0.15, -0.1) is 10.2 Å². The summed E-state index contributed by atoms with van der Waals surface area (Å²) in [5.41, 5.74) is 0.310. The Bertz CT molecular complexity index is 407. The molecule has 1 aliphatic rings. The number of hydrogen-bond donors (Lipinski definition) is 1. The Morgan fingerprint density at radius 2 is 2.15 bits per heavy atom. The molecule has 1 aliphatic heterocycles. The van der Waals surface area contributed by atoms with Crippen LogP contribution in [0.5, 0.6) is 0 Å². The quantitative estimate of drug-likeness (QED) is 0.864. The second kappa shape index (κ2) is 6.68. The van der Waals surface area contributed by atoms with Gasteiger partial charge in [-0.25, -0.2) is 0 Å². The second-order valence-corrected chi connectivity index (χ2v) is 6.88. The maximum absolute atomic E-state index is 4.19. The summed E-state index contributed by atoms with van der Waals surface area (Å²) in [4.78, 5) is 2.50. The SMILES string of the molecule is CCCNC(CCN1CCn2cnnc2C1)C(C)(C)C. The van der Waals surface area contributed by atoms with E-state index >= 15 is 0 Å². The van der Waals surface area contributed by atoms with Crippen molar-refractivity contribution in [3.63, 3.8) is 0 Å². The predicted molar refractivity (Wildman–Crippen MR) is 81.5 cm³/mol. The van der Waals surface area contributed by atoms with Crippen LogP contribution in [-0.2, 0) is 13.1 Å². The van der Waals surface area contributed by atoms with Crippen molar-refractivity contribution in [3.05, 3.63) is 12.2 Å². The van der Waals surface area contributed by atoms with E-state index in [0.717, 1.165) is 38.5 Å². The highest BCUT2D eigenvalue weighted by Crippen LogP contribution is 2.22. The van der Waals surface area contributed by atoms with Gasteiger partial charge in [0.05, 0.1) is 6.54 Å². The van der Waals surface area contributed by atoms with Gasteiger partial charge in [0.1, 0.15) is 12.2 Å². The van der Waals surface area contributed by atoms with Crippen LogP contribution in [0, 0.1) is 5.41 Å². The van der Waals surface area contributed by atoms with Gasteiger partial charge in [-0.2, -0.15) is 0 Å². The fraction of sp³-hybridized carbons (Fsp3) is 0.867. The molecule has 2 heterocycles. The van der Waals surface area contributed by atoms with Gasteiger partial charge in [0.25, 0.3) is 0 Å². The van der Waals surface area contributed by atoms with Gasteiger partial charge in [-0.1, -0.05) is 27.7 Å². The van der Waals surface area contributed by atoms with Crippen molar-refractivity contribution in [3.8, 4) is 0 Å². The molecule has 1 aromatic heterocycles. The number of fused-ring (bicyclic) bond motifs is 1. The fourth-order valence-electron chi connectivity index (χ4n) is 2.78. The standard InChI is InChI=1S/C15H29N5/c1-5-7-16-13(15(2,3)4)6-8-19-9-10-20-12-17-18-14(20)11-19/h12-13,16H,5-11H2,1-4H3. The van der Waals surface area contributed by atoms with E-state index in [-0.39, 0.29) is 0 Å². The van der Waals surface area contributed by atoms with Crippen LogP contribution >= 0.6 is 0 Å². The average molecular weight is 279 g/mol. The minimum Gasteiger partial charge on any atom is -0.315 e. The third kappa shape index (κ3) is 4.03. The maximum Gasteiger partial charge on any atom is 0.147 e. The monoisotopic (exact) mass is 279 g/mol. The Balaban J connectivity index is 1.84. The summed E-state index contributed by atoms with van der Waals surface area (Å²) in [6.07, 6.45) is 4.23. The van der Waals surface area contributed by atoms with Crippen LogP contribution in [0.3, 0.4) is 0 Å². The van der Waals surface area contributed by atoms with Crippen LogP contribution in [0.1, 0.15) is 46.4 Å². The van der Waals surface area contributed by atoms with E-state index < -0.39 is 0 Å². The molecular weight excluding hydrogens is 250 g/mol. The van der Waals surface area contributed by atoms with E-state index in [1.54, 1.807) is 0 Å². The molecule has 0 radical (unpaired) electrons. The van der Waals surface area contributed by atoms with Crippen molar-refractivity contribution in [1.82, 2.24) is 25.0 Å². The summed E-state index contributed by atoms with van der Waals surface area (Å²) in [7, 11) is 0. The fourth-order valence-corrected chi connectivity index (χ4v) is 2.78. The van der Waals surface area contributed by atoms with Crippen LogP contribution in [0.15, 0.2) is 6.33 Å². The first kappa shape index (κ1) is 15.4. The van der Waals surface area contributed by atoms with Gasteiger partial charge in [0.15, 0.2) is 0 Å². The molecule has 0 amide bonds. The Kier molecular flexibility index (Phi) is 5.16. The van der Waals surface area contributed by atoms with Gasteiger partial charge in [0, 0.05) is 25.7 Å². The Hall–Kier alpha value is -0.940. The molecule has 1 aromatic rings. The third-order valence-electron chi connectivity index (χ3n) is 4.14. The first-order valence-corrected chi connectivity index (χ1v) is 7.83. The molecule has 0 aliphatic carbocycles. The van der Waals surface area contributed by atoms with Crippen LogP contribution in [-0.4, -0.2) is 45.3 Å². The zero-order valence-corrected chi connectivity index (χ0v) is 13.4. The molecule has 0 spiro atoms. The van der Waals surface area contributed by atoms with E-state index in [9.17, 15) is 0 Å². The molecule has 1 N–H and O–H groups in total. The summed E-state index contributed by atoms with van der Waals surface area (Å²) in [6, 6.07) is 0.572. The van der Waals surface area contributed by atoms with E-state index in [1.807, 2.05) is 6.33 Å². The third-order valence-corrected chi connectivity index (χ3v) is 4.14. The summed E-state index contributed by atoms with van der Waals surface area (Å²) in [5.74, 6) is 1.10. The van der Waals surface area contributed by atoms with E-state index in [0.29, 0.717) is 11.5 Å². The molecule has 0 saturated heterocycles. The number of hydrogen-bond acceptors (Lipinski definition) is 4. The number of nitrogens with zero attached hydrogens (tertiary/aromatic N) is 4. The summed E-state index contributed by atoms with van der Waals surface area (Å²) >= 11 is 0. The summed E-state index contributed by atoms with van der Waals surface area (Å²) in [5, 5.41) is 11.9. The lowest BCUT2D eigenvalue weighted by molar-refractivity contribution is 0.177. The Labute approximate surface area is 122 Å². The summed E-state index contributed by atoms with van der Waals surface area (Å²) in [6.45, 7) is 14.5. The largest absolute Gasteiger partial charge is 0.315 e. The molecule has 0 aromatic carbocycles. The molecule has 114 valence electrons. The Morgan fingerprint density at radius 1 is 1.35 bits per heavy atom. The van der Waals surface area contributed by atoms with E-state index in [1.165, 1.54) is 12.8 Å². The highest BCUT2D eigenvalue weighted by molar-refractivity contribution is 4.90. The van der Waals surface area contributed by atoms with Gasteiger partial charge >= 0.3 is 0 Å². The van der Waals surface area contributed by atoms with Crippen molar-refractivity contribution in [2.45, 2.75) is 59.7 Å². The molecule has 0 bridgehead atoms. The number of rotatable bonds is 6. The predicted octanol–water partition coefficient (Wildman–Crippen LogP) is 1.90. The summed E-state index contributed by atoms with van der Waals surface area (Å²) < 4.78 is 2.16. The van der Waals surface area contributed by atoms with Crippen molar-refractivity contribution in [2.75, 3.05) is 19.6 Å². The topological polar surface area (TPSA) is 46.0 Å². The molecule has 0 fully saturated rings.